The van der Waals surface area contributed by atoms with Gasteiger partial charge in [0.2, 0.25) is 0 Å². The van der Waals surface area contributed by atoms with Gasteiger partial charge in [0.05, 0.1) is 33.5 Å². The van der Waals surface area contributed by atoms with Gasteiger partial charge in [0.25, 0.3) is 0 Å². The van der Waals surface area contributed by atoms with E-state index in [4.69, 9.17) is 19.9 Å². The third kappa shape index (κ3) is 6.55. The average Bonchev–Trinajstić information content (AvgIpc) is 3.99. The molecule has 0 radical (unpaired) electrons. The van der Waals surface area contributed by atoms with Crippen molar-refractivity contribution in [2.45, 2.75) is 19.3 Å². The molecule has 0 fully saturated rings. The molecule has 79 heavy (non-hydrogen) atoms. The van der Waals surface area contributed by atoms with Crippen molar-refractivity contribution in [2.24, 2.45) is 0 Å². The fourth-order valence-corrected chi connectivity index (χ4v) is 13.5. The fourth-order valence-electron chi connectivity index (χ4n) is 13.5. The zero-order chi connectivity index (χ0) is 52.1. The van der Waals surface area contributed by atoms with Gasteiger partial charge < -0.3 is 0 Å². The summed E-state index contributed by atoms with van der Waals surface area (Å²) in [7, 11) is 0. The number of aromatic nitrogens is 4. The van der Waals surface area contributed by atoms with Crippen LogP contribution in [0.15, 0.2) is 243 Å². The van der Waals surface area contributed by atoms with Gasteiger partial charge in [-0.1, -0.05) is 172 Å². The van der Waals surface area contributed by atoms with Gasteiger partial charge in [-0.05, 0) is 182 Å². The Balaban J connectivity index is 0.800. The summed E-state index contributed by atoms with van der Waals surface area (Å²) in [4.78, 5) is 19.9. The van der Waals surface area contributed by atoms with Crippen LogP contribution in [0.5, 0.6) is 0 Å². The van der Waals surface area contributed by atoms with Crippen LogP contribution in [0.1, 0.15) is 25.0 Å². The number of fused-ring (bicyclic) bond motifs is 21. The molecule has 0 saturated heterocycles. The summed E-state index contributed by atoms with van der Waals surface area (Å²) in [6, 6.07) is 85.1. The number of pyridine rings is 4. The second kappa shape index (κ2) is 16.4. The summed E-state index contributed by atoms with van der Waals surface area (Å²) in [6.45, 7) is 4.84. The Kier molecular flexibility index (Phi) is 9.15. The van der Waals surface area contributed by atoms with Crippen LogP contribution in [0.4, 0.5) is 0 Å². The van der Waals surface area contributed by atoms with E-state index in [0.717, 1.165) is 77.3 Å². The van der Waals surface area contributed by atoms with Crippen LogP contribution in [0.2, 0.25) is 0 Å². The lowest BCUT2D eigenvalue weighted by molar-refractivity contribution is 0.662. The van der Waals surface area contributed by atoms with Crippen molar-refractivity contribution >= 4 is 108 Å². The monoisotopic (exact) mass is 1000 g/mol. The summed E-state index contributed by atoms with van der Waals surface area (Å²) in [6.07, 6.45) is 3.70. The molecule has 4 aromatic heterocycles. The van der Waals surface area contributed by atoms with Crippen molar-refractivity contribution in [1.29, 1.82) is 0 Å². The van der Waals surface area contributed by atoms with E-state index in [0.29, 0.717) is 0 Å². The van der Waals surface area contributed by atoms with Crippen LogP contribution in [0.25, 0.3) is 164 Å². The van der Waals surface area contributed by atoms with Crippen LogP contribution < -0.4 is 0 Å². The molecule has 4 heteroatoms. The first kappa shape index (κ1) is 44.0. The summed E-state index contributed by atoms with van der Waals surface area (Å²) in [5, 5.41) is 19.6. The Morgan fingerprint density at radius 3 is 1.05 bits per heavy atom. The Hall–Kier alpha value is -10.2. The van der Waals surface area contributed by atoms with E-state index < -0.39 is 0 Å². The summed E-state index contributed by atoms with van der Waals surface area (Å²) in [5.74, 6) is 0. The molecule has 0 spiro atoms. The highest BCUT2D eigenvalue weighted by atomic mass is 14.8. The number of rotatable bonds is 4. The van der Waals surface area contributed by atoms with Crippen LogP contribution in [0.3, 0.4) is 0 Å². The zero-order valence-electron chi connectivity index (χ0n) is 43.4. The topological polar surface area (TPSA) is 51.6 Å². The van der Waals surface area contributed by atoms with E-state index in [9.17, 15) is 0 Å². The number of benzene rings is 12. The van der Waals surface area contributed by atoms with Gasteiger partial charge in [-0.3, -0.25) is 9.97 Å². The number of hydrogen-bond acceptors (Lipinski definition) is 4. The SMILES string of the molecule is CC1(C)c2cc3c4ccccc4c4cc(-c5cccc(-c6ccc7ccc8cccnc8c7n6)c5)ccc4c3cc2-c2cc3c4ccc(-c5cccc(-c6ccc7ccc8cccnc8c7n6)c5)cc4c4ccccc4c3cc21. The predicted octanol–water partition coefficient (Wildman–Crippen LogP) is 19.8. The Bertz CT molecular complexity index is 5030. The van der Waals surface area contributed by atoms with Gasteiger partial charge in [-0.15, -0.1) is 0 Å². The maximum absolute atomic E-state index is 5.21. The molecule has 17 rings (SSSR count). The molecule has 16 aromatic rings. The second-order valence-corrected chi connectivity index (χ2v) is 22.1. The second-order valence-electron chi connectivity index (χ2n) is 22.1. The highest BCUT2D eigenvalue weighted by Crippen LogP contribution is 2.54. The normalized spacial score (nSPS) is 13.0. The first-order valence-electron chi connectivity index (χ1n) is 27.2. The molecule has 0 saturated carbocycles. The minimum Gasteiger partial charge on any atom is -0.254 e. The molecule has 0 bridgehead atoms. The quantitative estimate of drug-likeness (QED) is 0.165. The van der Waals surface area contributed by atoms with E-state index in [1.165, 1.54) is 98.0 Å². The molecule has 0 aliphatic heterocycles. The lowest BCUT2D eigenvalue weighted by Gasteiger charge is -2.23. The van der Waals surface area contributed by atoms with Crippen molar-refractivity contribution in [1.82, 2.24) is 19.9 Å². The average molecular weight is 1000 g/mol. The van der Waals surface area contributed by atoms with Gasteiger partial charge in [0, 0.05) is 50.5 Å². The van der Waals surface area contributed by atoms with Crippen molar-refractivity contribution in [2.75, 3.05) is 0 Å². The van der Waals surface area contributed by atoms with Gasteiger partial charge >= 0.3 is 0 Å². The van der Waals surface area contributed by atoms with Crippen LogP contribution in [-0.2, 0) is 5.41 Å². The molecule has 0 unspecified atom stereocenters. The van der Waals surface area contributed by atoms with Gasteiger partial charge in [0.15, 0.2) is 0 Å². The molecule has 4 heterocycles. The summed E-state index contributed by atoms with van der Waals surface area (Å²) < 4.78 is 0. The van der Waals surface area contributed by atoms with E-state index in [-0.39, 0.29) is 5.41 Å². The fraction of sp³-hybridized carbons (Fsp3) is 0.0400. The highest BCUT2D eigenvalue weighted by molar-refractivity contribution is 6.29. The van der Waals surface area contributed by atoms with Gasteiger partial charge in [0.1, 0.15) is 0 Å². The molecule has 0 N–H and O–H groups in total. The van der Waals surface area contributed by atoms with E-state index in [2.05, 4.69) is 232 Å². The minimum absolute atomic E-state index is 0.226. The summed E-state index contributed by atoms with van der Waals surface area (Å²) in [5.41, 5.74) is 17.5. The number of hydrogen-bond donors (Lipinski definition) is 0. The molecule has 12 aromatic carbocycles. The molecule has 1 aliphatic rings. The largest absolute Gasteiger partial charge is 0.254 e. The van der Waals surface area contributed by atoms with E-state index in [1.807, 2.05) is 24.5 Å². The van der Waals surface area contributed by atoms with E-state index in [1.54, 1.807) is 0 Å². The standard InChI is InChI=1S/C75H46N4/c1-75(2)67-41-63-55-19-5-3-17-53(55)59-37-49(47-11-7-13-51(35-47)69-31-27-45-23-21-43-15-9-33-76-71(43)73(45)78-69)25-29-57(59)61(63)39-65(67)66-40-62-58-30-26-50(38-60(58)54-18-4-6-20-56(54)64(62)42-68(66)75)48-12-8-14-52(36-48)70-32-28-46-24-22-44-16-10-34-77-72(44)74(46)79-70/h3-42H,1-2H3. The predicted molar refractivity (Wildman–Crippen MR) is 332 cm³/mol. The number of nitrogens with zero attached hydrogens (tertiary/aromatic N) is 4. The Labute approximate surface area is 455 Å². The molecule has 0 amide bonds. The maximum Gasteiger partial charge on any atom is 0.0972 e. The highest BCUT2D eigenvalue weighted by Gasteiger charge is 2.37. The molecule has 1 aliphatic carbocycles. The lowest BCUT2D eigenvalue weighted by atomic mass is 9.80. The first-order chi connectivity index (χ1) is 38.9. The molecule has 366 valence electrons. The Morgan fingerprint density at radius 1 is 0.253 bits per heavy atom. The molecular formula is C75H46N4. The van der Waals surface area contributed by atoms with Gasteiger partial charge in [-0.2, -0.15) is 0 Å². The van der Waals surface area contributed by atoms with Crippen LogP contribution in [0, 0.1) is 0 Å². The third-order valence-corrected chi connectivity index (χ3v) is 17.4. The van der Waals surface area contributed by atoms with Crippen molar-refractivity contribution < 1.29 is 0 Å². The van der Waals surface area contributed by atoms with Crippen molar-refractivity contribution in [3.05, 3.63) is 254 Å². The molecular weight excluding hydrogens is 957 g/mol. The first-order valence-corrected chi connectivity index (χ1v) is 27.2. The third-order valence-electron chi connectivity index (χ3n) is 17.4. The zero-order valence-corrected chi connectivity index (χ0v) is 43.4. The molecule has 4 nitrogen and oxygen atoms in total. The molecule has 0 atom stereocenters. The summed E-state index contributed by atoms with van der Waals surface area (Å²) >= 11 is 0. The maximum atomic E-state index is 5.21. The minimum atomic E-state index is -0.226. The van der Waals surface area contributed by atoms with Gasteiger partial charge in [-0.25, -0.2) is 9.97 Å². The van der Waals surface area contributed by atoms with Crippen LogP contribution in [-0.4, -0.2) is 19.9 Å². The van der Waals surface area contributed by atoms with Crippen LogP contribution >= 0.6 is 0 Å². The van der Waals surface area contributed by atoms with Crippen molar-refractivity contribution in [3.63, 3.8) is 0 Å². The lowest BCUT2D eigenvalue weighted by Crippen LogP contribution is -2.15. The van der Waals surface area contributed by atoms with E-state index >= 15 is 0 Å². The van der Waals surface area contributed by atoms with Crippen molar-refractivity contribution in [3.8, 4) is 55.9 Å². The smallest absolute Gasteiger partial charge is 0.0972 e. The Morgan fingerprint density at radius 2 is 0.608 bits per heavy atom.